The summed E-state index contributed by atoms with van der Waals surface area (Å²) in [7, 11) is -4.54. The van der Waals surface area contributed by atoms with Crippen LogP contribution in [-0.2, 0) is 16.4 Å². The summed E-state index contributed by atoms with van der Waals surface area (Å²) >= 11 is 0. The van der Waals surface area contributed by atoms with Crippen molar-refractivity contribution in [1.82, 2.24) is 9.55 Å². The fraction of sp³-hybridized carbons (Fsp3) is 0.400. The number of hydrogen-bond acceptors (Lipinski definition) is 4. The average Bonchev–Trinajstić information content (AvgIpc) is 3.19. The molecular formula is C15H17F2N3O2S. The molecule has 1 saturated heterocycles. The summed E-state index contributed by atoms with van der Waals surface area (Å²) in [5.74, 6) is -3.39. The van der Waals surface area contributed by atoms with Crippen LogP contribution >= 0.6 is 0 Å². The van der Waals surface area contributed by atoms with E-state index in [1.165, 1.54) is 12.1 Å². The zero-order valence-electron chi connectivity index (χ0n) is 12.3. The van der Waals surface area contributed by atoms with Crippen LogP contribution in [0.5, 0.6) is 0 Å². The van der Waals surface area contributed by atoms with Gasteiger partial charge in [0.15, 0.2) is 0 Å². The first-order chi connectivity index (χ1) is 11.0. The molecule has 1 atom stereocenters. The summed E-state index contributed by atoms with van der Waals surface area (Å²) in [6.45, 7) is 1.65. The molecule has 3 rings (SSSR count). The minimum Gasteiger partial charge on any atom is -0.367 e. The third-order valence-electron chi connectivity index (χ3n) is 4.09. The quantitative estimate of drug-likeness (QED) is 0.839. The van der Waals surface area contributed by atoms with E-state index < -0.39 is 15.6 Å². The fourth-order valence-corrected chi connectivity index (χ4v) is 3.65. The minimum absolute atomic E-state index is 0.279. The molecule has 0 saturated carbocycles. The third-order valence-corrected chi connectivity index (χ3v) is 5.49. The maximum absolute atomic E-state index is 12.6. The normalized spacial score (nSPS) is 18.7. The molecule has 1 unspecified atom stereocenters. The number of sulfone groups is 1. The smallest absolute Gasteiger partial charge is 0.341 e. The lowest BCUT2D eigenvalue weighted by atomic mass is 10.2. The predicted molar refractivity (Wildman–Crippen MR) is 82.2 cm³/mol. The van der Waals surface area contributed by atoms with E-state index in [4.69, 9.17) is 0 Å². The lowest BCUT2D eigenvalue weighted by molar-refractivity contribution is 0.234. The van der Waals surface area contributed by atoms with E-state index in [-0.39, 0.29) is 10.9 Å². The molecule has 0 spiro atoms. The van der Waals surface area contributed by atoms with E-state index in [0.29, 0.717) is 0 Å². The fourth-order valence-electron chi connectivity index (χ4n) is 2.93. The standard InChI is InChI=1S/C15H17F2N3O2S/c16-15(17)23(21,22)14-5-3-12(4-6-14)20-8-1-2-13(20)10-19-9-7-18-11-19/h3-7,9,11,13,15H,1-2,8,10H2. The molecule has 0 bridgehead atoms. The summed E-state index contributed by atoms with van der Waals surface area (Å²) in [5, 5.41) is 0. The highest BCUT2D eigenvalue weighted by Gasteiger charge is 2.28. The van der Waals surface area contributed by atoms with Gasteiger partial charge in [-0.2, -0.15) is 8.78 Å². The lowest BCUT2D eigenvalue weighted by Gasteiger charge is -2.27. The van der Waals surface area contributed by atoms with Gasteiger partial charge in [-0.05, 0) is 37.1 Å². The van der Waals surface area contributed by atoms with Crippen molar-refractivity contribution in [2.75, 3.05) is 11.4 Å². The predicted octanol–water partition coefficient (Wildman–Crippen LogP) is 2.55. The monoisotopic (exact) mass is 341 g/mol. The summed E-state index contributed by atoms with van der Waals surface area (Å²) in [5.41, 5.74) is 0.848. The van der Waals surface area contributed by atoms with Gasteiger partial charge in [0.05, 0.1) is 11.2 Å². The van der Waals surface area contributed by atoms with E-state index in [1.807, 2.05) is 10.8 Å². The SMILES string of the molecule is O=S(=O)(c1ccc(N2CCCC2Cn2ccnc2)cc1)C(F)F. The second-order valence-corrected chi connectivity index (χ2v) is 7.47. The van der Waals surface area contributed by atoms with Gasteiger partial charge < -0.3 is 9.47 Å². The van der Waals surface area contributed by atoms with Crippen LogP contribution in [0, 0.1) is 0 Å². The maximum Gasteiger partial charge on any atom is 0.341 e. The zero-order chi connectivity index (χ0) is 16.4. The molecule has 8 heteroatoms. The van der Waals surface area contributed by atoms with Crippen molar-refractivity contribution in [3.05, 3.63) is 43.0 Å². The molecule has 2 heterocycles. The van der Waals surface area contributed by atoms with E-state index in [2.05, 4.69) is 9.88 Å². The Hall–Kier alpha value is -1.96. The number of aromatic nitrogens is 2. The van der Waals surface area contributed by atoms with Gasteiger partial charge in [0, 0.05) is 37.2 Å². The number of halogens is 2. The van der Waals surface area contributed by atoms with Crippen molar-refractivity contribution in [2.45, 2.75) is 36.1 Å². The topological polar surface area (TPSA) is 55.2 Å². The van der Waals surface area contributed by atoms with Crippen molar-refractivity contribution in [3.63, 3.8) is 0 Å². The van der Waals surface area contributed by atoms with E-state index in [0.717, 1.165) is 31.6 Å². The number of anilines is 1. The first-order valence-electron chi connectivity index (χ1n) is 7.33. The molecule has 0 N–H and O–H groups in total. The van der Waals surface area contributed by atoms with Crippen molar-refractivity contribution >= 4 is 15.5 Å². The number of alkyl halides is 2. The van der Waals surface area contributed by atoms with Crippen LogP contribution in [0.3, 0.4) is 0 Å². The summed E-state index contributed by atoms with van der Waals surface area (Å²) in [6, 6.07) is 5.98. The highest BCUT2D eigenvalue weighted by molar-refractivity contribution is 7.91. The van der Waals surface area contributed by atoms with Gasteiger partial charge in [-0.3, -0.25) is 0 Å². The van der Waals surface area contributed by atoms with Gasteiger partial charge in [0.1, 0.15) is 0 Å². The lowest BCUT2D eigenvalue weighted by Crippen LogP contribution is -2.32. The number of nitrogens with zero attached hydrogens (tertiary/aromatic N) is 3. The molecule has 1 fully saturated rings. The Morgan fingerprint density at radius 2 is 2.00 bits per heavy atom. The molecule has 0 radical (unpaired) electrons. The van der Waals surface area contributed by atoms with Gasteiger partial charge in [0.2, 0.25) is 9.84 Å². The first-order valence-corrected chi connectivity index (χ1v) is 8.87. The van der Waals surface area contributed by atoms with Crippen LogP contribution in [-0.4, -0.2) is 36.3 Å². The summed E-state index contributed by atoms with van der Waals surface area (Å²) in [6.07, 6.45) is 7.44. The average molecular weight is 341 g/mol. The third kappa shape index (κ3) is 3.21. The number of hydrogen-bond donors (Lipinski definition) is 0. The van der Waals surface area contributed by atoms with E-state index >= 15 is 0 Å². The van der Waals surface area contributed by atoms with Crippen LogP contribution in [0.25, 0.3) is 0 Å². The maximum atomic E-state index is 12.6. The van der Waals surface area contributed by atoms with Crippen molar-refractivity contribution in [1.29, 1.82) is 0 Å². The molecule has 1 aromatic carbocycles. The molecule has 2 aromatic rings. The number of benzene rings is 1. The zero-order valence-corrected chi connectivity index (χ0v) is 13.2. The van der Waals surface area contributed by atoms with Crippen LogP contribution in [0.4, 0.5) is 14.5 Å². The van der Waals surface area contributed by atoms with Gasteiger partial charge in [-0.1, -0.05) is 0 Å². The molecule has 0 amide bonds. The van der Waals surface area contributed by atoms with Crippen LogP contribution in [0.1, 0.15) is 12.8 Å². The summed E-state index contributed by atoms with van der Waals surface area (Å²) < 4.78 is 50.1. The first kappa shape index (κ1) is 15.9. The van der Waals surface area contributed by atoms with Crippen LogP contribution < -0.4 is 4.90 Å². The Morgan fingerprint density at radius 1 is 1.26 bits per heavy atom. The van der Waals surface area contributed by atoms with Gasteiger partial charge in [-0.15, -0.1) is 0 Å². The van der Waals surface area contributed by atoms with E-state index in [9.17, 15) is 17.2 Å². The number of rotatable bonds is 5. The second kappa shape index (κ2) is 6.27. The Kier molecular flexibility index (Phi) is 4.34. The minimum atomic E-state index is -4.54. The molecule has 5 nitrogen and oxygen atoms in total. The Morgan fingerprint density at radius 3 is 2.61 bits per heavy atom. The van der Waals surface area contributed by atoms with Gasteiger partial charge >= 0.3 is 5.76 Å². The molecule has 1 aromatic heterocycles. The van der Waals surface area contributed by atoms with Crippen molar-refractivity contribution < 1.29 is 17.2 Å². The Labute approximate surface area is 133 Å². The number of imidazole rings is 1. The Balaban J connectivity index is 1.78. The van der Waals surface area contributed by atoms with Crippen LogP contribution in [0.15, 0.2) is 47.9 Å². The van der Waals surface area contributed by atoms with Gasteiger partial charge in [0.25, 0.3) is 0 Å². The summed E-state index contributed by atoms with van der Waals surface area (Å²) in [4.78, 5) is 5.86. The molecule has 124 valence electrons. The molecule has 1 aliphatic heterocycles. The second-order valence-electron chi connectivity index (χ2n) is 5.55. The van der Waals surface area contributed by atoms with Gasteiger partial charge in [-0.25, -0.2) is 13.4 Å². The highest BCUT2D eigenvalue weighted by atomic mass is 32.2. The van der Waals surface area contributed by atoms with E-state index in [1.54, 1.807) is 24.7 Å². The molecule has 0 aliphatic carbocycles. The Bertz CT molecular complexity index is 746. The molecule has 1 aliphatic rings. The molecular weight excluding hydrogens is 324 g/mol. The largest absolute Gasteiger partial charge is 0.367 e. The molecule has 23 heavy (non-hydrogen) atoms. The van der Waals surface area contributed by atoms with Crippen LogP contribution in [0.2, 0.25) is 0 Å². The van der Waals surface area contributed by atoms with Crippen molar-refractivity contribution in [2.24, 2.45) is 0 Å². The van der Waals surface area contributed by atoms with Crippen molar-refractivity contribution in [3.8, 4) is 0 Å². The highest BCUT2D eigenvalue weighted by Crippen LogP contribution is 2.28.